The number of Topliss-reactive ketones (excluding diaryl/α,β-unsaturated/α-hetero) is 1. The van der Waals surface area contributed by atoms with Crippen molar-refractivity contribution in [2.45, 2.75) is 13.0 Å². The molecule has 1 heterocycles. The van der Waals surface area contributed by atoms with Crippen LogP contribution in [-0.4, -0.2) is 46.9 Å². The molecule has 2 aromatic rings. The van der Waals surface area contributed by atoms with Crippen LogP contribution in [-0.2, 0) is 14.3 Å². The Hall–Kier alpha value is -3.52. The molecule has 0 aromatic heterocycles. The predicted molar refractivity (Wildman–Crippen MR) is 105 cm³/mol. The number of hydrogen-bond acceptors (Lipinski definition) is 6. The molecule has 150 valence electrons. The summed E-state index contributed by atoms with van der Waals surface area (Å²) in [6.45, 7) is 2.15. The normalized spacial score (nSPS) is 18.3. The highest BCUT2D eigenvalue weighted by atomic mass is 16.6. The van der Waals surface area contributed by atoms with Gasteiger partial charge in [-0.15, -0.1) is 0 Å². The van der Waals surface area contributed by atoms with E-state index in [1.807, 2.05) is 6.92 Å². The van der Waals surface area contributed by atoms with Crippen molar-refractivity contribution in [3.05, 3.63) is 80.9 Å². The van der Waals surface area contributed by atoms with Crippen molar-refractivity contribution in [3.63, 3.8) is 0 Å². The van der Waals surface area contributed by atoms with Crippen molar-refractivity contribution in [2.24, 2.45) is 0 Å². The first-order chi connectivity index (χ1) is 13.8. The molecule has 2 aromatic carbocycles. The molecular formula is C21H20N2O6. The molecule has 1 amide bonds. The Bertz CT molecular complexity index is 996. The molecule has 1 aliphatic heterocycles. The van der Waals surface area contributed by atoms with E-state index in [1.165, 1.54) is 30.2 Å². The van der Waals surface area contributed by atoms with E-state index in [-0.39, 0.29) is 30.2 Å². The molecule has 1 N–H and O–H groups in total. The van der Waals surface area contributed by atoms with E-state index in [4.69, 9.17) is 4.74 Å². The molecule has 0 radical (unpaired) electrons. The van der Waals surface area contributed by atoms with Crippen LogP contribution in [0.5, 0.6) is 0 Å². The number of benzene rings is 2. The molecule has 0 unspecified atom stereocenters. The third kappa shape index (κ3) is 3.88. The number of nitro groups is 1. The van der Waals surface area contributed by atoms with Gasteiger partial charge in [0, 0.05) is 31.4 Å². The van der Waals surface area contributed by atoms with E-state index in [0.29, 0.717) is 11.1 Å². The van der Waals surface area contributed by atoms with Crippen LogP contribution in [0.25, 0.3) is 5.76 Å². The Morgan fingerprint density at radius 2 is 1.90 bits per heavy atom. The zero-order valence-electron chi connectivity index (χ0n) is 16.0. The van der Waals surface area contributed by atoms with Crippen molar-refractivity contribution >= 4 is 23.1 Å². The third-order valence-electron chi connectivity index (χ3n) is 4.80. The summed E-state index contributed by atoms with van der Waals surface area (Å²) in [6.07, 6.45) is 0. The molecular weight excluding hydrogens is 376 g/mol. The third-order valence-corrected chi connectivity index (χ3v) is 4.80. The lowest BCUT2D eigenvalue weighted by Crippen LogP contribution is -2.32. The first-order valence-corrected chi connectivity index (χ1v) is 8.94. The van der Waals surface area contributed by atoms with E-state index in [0.717, 1.165) is 5.56 Å². The molecule has 0 bridgehead atoms. The molecule has 0 spiro atoms. The van der Waals surface area contributed by atoms with Gasteiger partial charge in [0.1, 0.15) is 5.76 Å². The SMILES string of the molecule is COCCN1C(=O)C(=O)/C(=C(/O)c2ccc(C)cc2)[C@H]1c1cccc([N+](=O)[O-])c1. The highest BCUT2D eigenvalue weighted by Gasteiger charge is 2.46. The summed E-state index contributed by atoms with van der Waals surface area (Å²) in [5.74, 6) is -1.94. The average molecular weight is 396 g/mol. The van der Waals surface area contributed by atoms with Gasteiger partial charge in [0.2, 0.25) is 0 Å². The largest absolute Gasteiger partial charge is 0.507 e. The number of likely N-dealkylation sites (tertiary alicyclic amines) is 1. The quantitative estimate of drug-likeness (QED) is 0.264. The van der Waals surface area contributed by atoms with Crippen LogP contribution >= 0.6 is 0 Å². The Morgan fingerprint density at radius 1 is 1.21 bits per heavy atom. The van der Waals surface area contributed by atoms with Crippen molar-refractivity contribution in [1.82, 2.24) is 4.90 Å². The van der Waals surface area contributed by atoms with Gasteiger partial charge < -0.3 is 14.7 Å². The summed E-state index contributed by atoms with van der Waals surface area (Å²) in [5, 5.41) is 22.1. The highest BCUT2D eigenvalue weighted by Crippen LogP contribution is 2.40. The number of carbonyl (C=O) groups excluding carboxylic acids is 2. The van der Waals surface area contributed by atoms with Crippen LogP contribution in [0.1, 0.15) is 22.7 Å². The van der Waals surface area contributed by atoms with Crippen LogP contribution in [0, 0.1) is 17.0 Å². The smallest absolute Gasteiger partial charge is 0.295 e. The standard InChI is InChI=1S/C21H20N2O6/c1-13-6-8-14(9-7-13)19(24)17-18(15-4-3-5-16(12-15)23(27)28)22(10-11-29-2)21(26)20(17)25/h3-9,12,18,24H,10-11H2,1-2H3/b19-17+/t18-/m1/s1. The zero-order chi connectivity index (χ0) is 21.1. The lowest BCUT2D eigenvalue weighted by molar-refractivity contribution is -0.384. The predicted octanol–water partition coefficient (Wildman–Crippen LogP) is 2.97. The second-order valence-corrected chi connectivity index (χ2v) is 6.70. The Labute approximate surface area is 167 Å². The maximum Gasteiger partial charge on any atom is 0.295 e. The van der Waals surface area contributed by atoms with Gasteiger partial charge >= 0.3 is 0 Å². The number of carbonyl (C=O) groups is 2. The van der Waals surface area contributed by atoms with Gasteiger partial charge in [0.15, 0.2) is 0 Å². The second-order valence-electron chi connectivity index (χ2n) is 6.70. The lowest BCUT2D eigenvalue weighted by Gasteiger charge is -2.24. The number of nitro benzene ring substituents is 1. The summed E-state index contributed by atoms with van der Waals surface area (Å²) in [4.78, 5) is 37.3. The molecule has 0 saturated carbocycles. The average Bonchev–Trinajstić information content (AvgIpc) is 2.97. The van der Waals surface area contributed by atoms with Crippen molar-refractivity contribution in [2.75, 3.05) is 20.3 Å². The number of methoxy groups -OCH3 is 1. The topological polar surface area (TPSA) is 110 Å². The Morgan fingerprint density at radius 3 is 2.52 bits per heavy atom. The van der Waals surface area contributed by atoms with Crippen LogP contribution in [0.15, 0.2) is 54.1 Å². The molecule has 29 heavy (non-hydrogen) atoms. The Balaban J connectivity index is 2.18. The van der Waals surface area contributed by atoms with E-state index in [2.05, 4.69) is 0 Å². The summed E-state index contributed by atoms with van der Waals surface area (Å²) < 4.78 is 5.04. The maximum absolute atomic E-state index is 12.8. The minimum Gasteiger partial charge on any atom is -0.507 e. The van der Waals surface area contributed by atoms with Crippen molar-refractivity contribution in [1.29, 1.82) is 0 Å². The zero-order valence-corrected chi connectivity index (χ0v) is 16.0. The molecule has 1 atom stereocenters. The molecule has 3 rings (SSSR count). The number of aliphatic hydroxyl groups is 1. The number of aliphatic hydroxyl groups excluding tert-OH is 1. The van der Waals surface area contributed by atoms with Crippen LogP contribution < -0.4 is 0 Å². The van der Waals surface area contributed by atoms with Gasteiger partial charge in [-0.25, -0.2) is 0 Å². The summed E-state index contributed by atoms with van der Waals surface area (Å²) in [7, 11) is 1.46. The van der Waals surface area contributed by atoms with Gasteiger partial charge in [-0.1, -0.05) is 42.0 Å². The van der Waals surface area contributed by atoms with Gasteiger partial charge in [0.05, 0.1) is 23.1 Å². The molecule has 8 heteroatoms. The number of non-ortho nitro benzene ring substituents is 1. The van der Waals surface area contributed by atoms with E-state index in [9.17, 15) is 24.8 Å². The number of hydrogen-bond donors (Lipinski definition) is 1. The molecule has 1 fully saturated rings. The van der Waals surface area contributed by atoms with Gasteiger partial charge in [-0.3, -0.25) is 19.7 Å². The van der Waals surface area contributed by atoms with Gasteiger partial charge in [0.25, 0.3) is 17.4 Å². The maximum atomic E-state index is 12.8. The highest BCUT2D eigenvalue weighted by molar-refractivity contribution is 6.46. The molecule has 1 aliphatic rings. The molecule has 0 aliphatic carbocycles. The summed E-state index contributed by atoms with van der Waals surface area (Å²) in [6, 6.07) is 11.6. The summed E-state index contributed by atoms with van der Waals surface area (Å²) in [5.41, 5.74) is 1.45. The van der Waals surface area contributed by atoms with Crippen LogP contribution in [0.2, 0.25) is 0 Å². The number of nitrogens with zero attached hydrogens (tertiary/aromatic N) is 2. The van der Waals surface area contributed by atoms with Crippen LogP contribution in [0.4, 0.5) is 5.69 Å². The number of amides is 1. The minimum absolute atomic E-state index is 0.0963. The van der Waals surface area contributed by atoms with E-state index < -0.39 is 22.7 Å². The fourth-order valence-corrected chi connectivity index (χ4v) is 3.32. The fraction of sp³-hybridized carbons (Fsp3) is 0.238. The monoisotopic (exact) mass is 396 g/mol. The molecule has 8 nitrogen and oxygen atoms in total. The summed E-state index contributed by atoms with van der Waals surface area (Å²) >= 11 is 0. The number of rotatable bonds is 6. The molecule has 1 saturated heterocycles. The van der Waals surface area contributed by atoms with Crippen LogP contribution in [0.3, 0.4) is 0 Å². The first-order valence-electron chi connectivity index (χ1n) is 8.94. The number of ketones is 1. The lowest BCUT2D eigenvalue weighted by atomic mass is 9.95. The van der Waals surface area contributed by atoms with Crippen molar-refractivity contribution < 1.29 is 24.4 Å². The number of aryl methyl sites for hydroxylation is 1. The number of ether oxygens (including phenoxy) is 1. The van der Waals surface area contributed by atoms with Gasteiger partial charge in [-0.2, -0.15) is 0 Å². The first kappa shape index (κ1) is 20.2. The minimum atomic E-state index is -0.952. The van der Waals surface area contributed by atoms with E-state index >= 15 is 0 Å². The Kier molecular flexibility index (Phi) is 5.74. The van der Waals surface area contributed by atoms with Gasteiger partial charge in [-0.05, 0) is 12.5 Å². The fourth-order valence-electron chi connectivity index (χ4n) is 3.32. The second kappa shape index (κ2) is 8.24. The van der Waals surface area contributed by atoms with E-state index in [1.54, 1.807) is 30.3 Å². The van der Waals surface area contributed by atoms with Crippen molar-refractivity contribution in [3.8, 4) is 0 Å².